The number of ether oxygens (including phenoxy) is 1. The minimum absolute atomic E-state index is 0.162. The lowest BCUT2D eigenvalue weighted by molar-refractivity contribution is 0.0953. The SMILES string of the molecule is COCCCNC(=O)c1sc(NC2CC2)nc1N. The highest BCUT2D eigenvalue weighted by Crippen LogP contribution is 2.30. The standard InChI is InChI=1S/C11H18N4O2S/c1-17-6-2-5-13-10(16)8-9(12)15-11(18-8)14-7-3-4-7/h7H,2-6,12H2,1H3,(H,13,16)(H,14,15). The third-order valence-corrected chi connectivity index (χ3v) is 3.58. The van der Waals surface area contributed by atoms with Crippen LogP contribution in [0.1, 0.15) is 28.9 Å². The van der Waals surface area contributed by atoms with Crippen LogP contribution in [0, 0.1) is 0 Å². The molecule has 1 amide bonds. The second-order valence-electron chi connectivity index (χ2n) is 4.25. The molecule has 7 heteroatoms. The Kier molecular flexibility index (Phi) is 4.38. The molecule has 2 rings (SSSR count). The second-order valence-corrected chi connectivity index (χ2v) is 5.25. The minimum atomic E-state index is -0.162. The lowest BCUT2D eigenvalue weighted by atomic mass is 10.4. The van der Waals surface area contributed by atoms with Gasteiger partial charge in [-0.3, -0.25) is 4.79 Å². The number of methoxy groups -OCH3 is 1. The number of amides is 1. The molecule has 18 heavy (non-hydrogen) atoms. The molecule has 6 nitrogen and oxygen atoms in total. The molecule has 0 radical (unpaired) electrons. The van der Waals surface area contributed by atoms with Crippen molar-refractivity contribution in [3.05, 3.63) is 4.88 Å². The van der Waals surface area contributed by atoms with E-state index in [1.54, 1.807) is 7.11 Å². The molecule has 1 aromatic heterocycles. The molecule has 1 fully saturated rings. The Hall–Kier alpha value is -1.34. The summed E-state index contributed by atoms with van der Waals surface area (Å²) in [4.78, 5) is 16.5. The molecule has 0 bridgehead atoms. The number of thiazole rings is 1. The van der Waals surface area contributed by atoms with E-state index in [1.165, 1.54) is 11.3 Å². The van der Waals surface area contributed by atoms with Crippen LogP contribution in [0.15, 0.2) is 0 Å². The monoisotopic (exact) mass is 270 g/mol. The van der Waals surface area contributed by atoms with Gasteiger partial charge in [-0.2, -0.15) is 0 Å². The number of aromatic nitrogens is 1. The van der Waals surface area contributed by atoms with Crippen LogP contribution in [0.3, 0.4) is 0 Å². The highest BCUT2D eigenvalue weighted by Gasteiger charge is 2.24. The molecule has 1 heterocycles. The van der Waals surface area contributed by atoms with Gasteiger partial charge in [0.05, 0.1) is 0 Å². The molecule has 1 aliphatic carbocycles. The number of nitrogens with two attached hydrogens (primary N) is 1. The Morgan fingerprint density at radius 2 is 2.39 bits per heavy atom. The molecule has 0 aromatic carbocycles. The van der Waals surface area contributed by atoms with Crippen molar-refractivity contribution in [1.82, 2.24) is 10.3 Å². The maximum atomic E-state index is 11.9. The first kappa shape index (κ1) is 13.1. The number of anilines is 2. The van der Waals surface area contributed by atoms with Crippen molar-refractivity contribution in [3.8, 4) is 0 Å². The number of rotatable bonds is 7. The normalized spacial score (nSPS) is 14.5. The van der Waals surface area contributed by atoms with E-state index in [9.17, 15) is 4.79 Å². The summed E-state index contributed by atoms with van der Waals surface area (Å²) in [6.07, 6.45) is 3.12. The Balaban J connectivity index is 1.86. The summed E-state index contributed by atoms with van der Waals surface area (Å²) >= 11 is 1.31. The zero-order chi connectivity index (χ0) is 13.0. The summed E-state index contributed by atoms with van der Waals surface area (Å²) in [6, 6.07) is 0.508. The van der Waals surface area contributed by atoms with Gasteiger partial charge in [0, 0.05) is 26.3 Å². The van der Waals surface area contributed by atoms with Crippen molar-refractivity contribution in [2.75, 3.05) is 31.3 Å². The Labute approximate surface area is 110 Å². The molecule has 4 N–H and O–H groups in total. The third kappa shape index (κ3) is 3.58. The highest BCUT2D eigenvalue weighted by molar-refractivity contribution is 7.18. The molecular formula is C11H18N4O2S. The van der Waals surface area contributed by atoms with Gasteiger partial charge in [-0.05, 0) is 19.3 Å². The molecular weight excluding hydrogens is 252 g/mol. The van der Waals surface area contributed by atoms with Gasteiger partial charge in [-0.15, -0.1) is 0 Å². The molecule has 0 aliphatic heterocycles. The zero-order valence-electron chi connectivity index (χ0n) is 10.4. The van der Waals surface area contributed by atoms with Crippen LogP contribution in [-0.2, 0) is 4.74 Å². The van der Waals surface area contributed by atoms with Gasteiger partial charge in [-0.1, -0.05) is 11.3 Å². The van der Waals surface area contributed by atoms with Crippen LogP contribution in [0.4, 0.5) is 10.9 Å². The van der Waals surface area contributed by atoms with E-state index < -0.39 is 0 Å². The molecule has 0 unspecified atom stereocenters. The van der Waals surface area contributed by atoms with E-state index in [4.69, 9.17) is 10.5 Å². The smallest absolute Gasteiger partial charge is 0.265 e. The minimum Gasteiger partial charge on any atom is -0.385 e. The summed E-state index contributed by atoms with van der Waals surface area (Å²) in [5, 5.41) is 6.77. The van der Waals surface area contributed by atoms with Crippen LogP contribution >= 0.6 is 11.3 Å². The van der Waals surface area contributed by atoms with Crippen LogP contribution in [0.25, 0.3) is 0 Å². The van der Waals surface area contributed by atoms with Crippen LogP contribution in [0.2, 0.25) is 0 Å². The van der Waals surface area contributed by atoms with Crippen LogP contribution in [-0.4, -0.2) is 37.2 Å². The first-order valence-electron chi connectivity index (χ1n) is 6.00. The van der Waals surface area contributed by atoms with Crippen LogP contribution < -0.4 is 16.4 Å². The molecule has 0 spiro atoms. The van der Waals surface area contributed by atoms with Gasteiger partial charge < -0.3 is 21.1 Å². The van der Waals surface area contributed by atoms with Crippen LogP contribution in [0.5, 0.6) is 0 Å². The van der Waals surface area contributed by atoms with Gasteiger partial charge in [0.2, 0.25) is 0 Å². The quantitative estimate of drug-likeness (QED) is 0.645. The fraction of sp³-hybridized carbons (Fsp3) is 0.636. The predicted octanol–water partition coefficient (Wildman–Crippen LogP) is 1.07. The largest absolute Gasteiger partial charge is 0.385 e. The van der Waals surface area contributed by atoms with Crippen molar-refractivity contribution in [2.45, 2.75) is 25.3 Å². The van der Waals surface area contributed by atoms with Gasteiger partial charge in [0.15, 0.2) is 5.13 Å². The molecule has 100 valence electrons. The van der Waals surface area contributed by atoms with E-state index >= 15 is 0 Å². The Morgan fingerprint density at radius 1 is 1.61 bits per heavy atom. The number of nitrogens with zero attached hydrogens (tertiary/aromatic N) is 1. The Morgan fingerprint density at radius 3 is 3.06 bits per heavy atom. The lowest BCUT2D eigenvalue weighted by Crippen LogP contribution is -2.25. The van der Waals surface area contributed by atoms with E-state index in [2.05, 4.69) is 15.6 Å². The lowest BCUT2D eigenvalue weighted by Gasteiger charge is -2.02. The van der Waals surface area contributed by atoms with Gasteiger partial charge in [-0.25, -0.2) is 4.98 Å². The van der Waals surface area contributed by atoms with Crippen molar-refractivity contribution >= 4 is 28.2 Å². The average molecular weight is 270 g/mol. The molecule has 0 saturated heterocycles. The summed E-state index contributed by atoms with van der Waals surface area (Å²) < 4.78 is 4.91. The maximum absolute atomic E-state index is 11.9. The fourth-order valence-electron chi connectivity index (χ4n) is 1.46. The van der Waals surface area contributed by atoms with Crippen molar-refractivity contribution in [2.24, 2.45) is 0 Å². The van der Waals surface area contributed by atoms with Gasteiger partial charge >= 0.3 is 0 Å². The zero-order valence-corrected chi connectivity index (χ0v) is 11.2. The third-order valence-electron chi connectivity index (χ3n) is 2.58. The van der Waals surface area contributed by atoms with Crippen molar-refractivity contribution in [1.29, 1.82) is 0 Å². The molecule has 1 saturated carbocycles. The summed E-state index contributed by atoms with van der Waals surface area (Å²) in [5.74, 6) is 0.136. The first-order chi connectivity index (χ1) is 8.70. The average Bonchev–Trinajstić information content (AvgIpc) is 3.07. The summed E-state index contributed by atoms with van der Waals surface area (Å²) in [6.45, 7) is 1.21. The van der Waals surface area contributed by atoms with E-state index in [0.29, 0.717) is 29.9 Å². The Bertz CT molecular complexity index is 417. The van der Waals surface area contributed by atoms with E-state index in [0.717, 1.165) is 24.4 Å². The van der Waals surface area contributed by atoms with Crippen molar-refractivity contribution < 1.29 is 9.53 Å². The number of carbonyl (C=O) groups excluding carboxylic acids is 1. The first-order valence-corrected chi connectivity index (χ1v) is 6.82. The second kappa shape index (κ2) is 6.01. The van der Waals surface area contributed by atoms with Gasteiger partial charge in [0.25, 0.3) is 5.91 Å². The van der Waals surface area contributed by atoms with Gasteiger partial charge in [0.1, 0.15) is 10.7 Å². The summed E-state index contributed by atoms with van der Waals surface area (Å²) in [7, 11) is 1.64. The predicted molar refractivity (Wildman–Crippen MR) is 72.0 cm³/mol. The van der Waals surface area contributed by atoms with E-state index in [1.807, 2.05) is 0 Å². The number of hydrogen-bond donors (Lipinski definition) is 3. The van der Waals surface area contributed by atoms with E-state index in [-0.39, 0.29) is 5.91 Å². The molecule has 1 aliphatic rings. The topological polar surface area (TPSA) is 89.3 Å². The number of hydrogen-bond acceptors (Lipinski definition) is 6. The fourth-order valence-corrected chi connectivity index (χ4v) is 2.34. The number of nitrogen functional groups attached to an aromatic ring is 1. The van der Waals surface area contributed by atoms with Crippen molar-refractivity contribution in [3.63, 3.8) is 0 Å². The molecule has 1 aromatic rings. The summed E-state index contributed by atoms with van der Waals surface area (Å²) in [5.41, 5.74) is 5.74. The highest BCUT2D eigenvalue weighted by atomic mass is 32.1. The molecule has 0 atom stereocenters. The number of nitrogens with one attached hydrogen (secondary N) is 2. The maximum Gasteiger partial charge on any atom is 0.265 e. The number of carbonyl (C=O) groups is 1.